The second-order valence-electron chi connectivity index (χ2n) is 9.08. The molecule has 0 aliphatic carbocycles. The Kier molecular flexibility index (Phi) is 7.21. The Morgan fingerprint density at radius 3 is 2.47 bits per heavy atom. The first-order valence-corrected chi connectivity index (χ1v) is 12.7. The van der Waals surface area contributed by atoms with E-state index in [0.717, 1.165) is 49.0 Å². The number of fused-ring (bicyclic) bond motifs is 1. The number of aliphatic carboxylic acids is 1. The van der Waals surface area contributed by atoms with Gasteiger partial charge in [-0.3, -0.25) is 19.1 Å². The van der Waals surface area contributed by atoms with Crippen molar-refractivity contribution in [1.82, 2.24) is 24.2 Å². The van der Waals surface area contributed by atoms with Crippen LogP contribution in [0, 0.1) is 19.3 Å². The lowest BCUT2D eigenvalue weighted by molar-refractivity contribution is -0.192. The highest BCUT2D eigenvalue weighted by Gasteiger charge is 2.44. The number of aryl methyl sites for hydroxylation is 2. The lowest BCUT2D eigenvalue weighted by atomic mass is 9.86. The van der Waals surface area contributed by atoms with Gasteiger partial charge >= 0.3 is 23.3 Å². The number of nitrogens with zero attached hydrogens (tertiary/aromatic N) is 5. The molecule has 9 nitrogen and oxygen atoms in total. The summed E-state index contributed by atoms with van der Waals surface area (Å²) in [6.45, 7) is 7.81. The van der Waals surface area contributed by atoms with E-state index in [4.69, 9.17) is 9.90 Å². The van der Waals surface area contributed by atoms with Crippen molar-refractivity contribution in [3.05, 3.63) is 64.5 Å². The number of hydrogen-bond acceptors (Lipinski definition) is 8. The Balaban J connectivity index is 0.000000384. The van der Waals surface area contributed by atoms with Crippen LogP contribution in [0.4, 0.5) is 13.2 Å². The average molecular weight is 544 g/mol. The average Bonchev–Trinajstić information content (AvgIpc) is 3.56. The number of thiophene rings is 1. The van der Waals surface area contributed by atoms with Gasteiger partial charge in [0.05, 0.1) is 17.2 Å². The summed E-state index contributed by atoms with van der Waals surface area (Å²) in [5.74, 6) is -2.03. The SMILES string of the molecule is Cc1ccc(CN2CCC3(Cc4nn(Cc5csc(C)n5)c(=O)c(=O)n4C3)C2)s1.O=C(O)C(F)(F)F. The van der Waals surface area contributed by atoms with Crippen LogP contribution in [-0.4, -0.2) is 54.6 Å². The van der Waals surface area contributed by atoms with Crippen LogP contribution in [0.25, 0.3) is 0 Å². The largest absolute Gasteiger partial charge is 0.490 e. The van der Waals surface area contributed by atoms with Gasteiger partial charge in [0.15, 0.2) is 0 Å². The van der Waals surface area contributed by atoms with Gasteiger partial charge in [0.25, 0.3) is 0 Å². The number of rotatable bonds is 4. The number of carbonyl (C=O) groups is 1. The first-order valence-electron chi connectivity index (χ1n) is 11.0. The molecule has 0 radical (unpaired) electrons. The summed E-state index contributed by atoms with van der Waals surface area (Å²) < 4.78 is 34.6. The molecule has 1 saturated heterocycles. The third kappa shape index (κ3) is 5.76. The number of hydrogen-bond donors (Lipinski definition) is 1. The fraction of sp³-hybridized carbons (Fsp3) is 0.500. The standard InChI is InChI=1S/C20H23N5O2S2.C2HF3O2/c1-13-3-4-16(29-13)9-23-6-5-20(11-23)7-17-22-25(8-15-10-28-14(2)21-15)19(27)18(26)24(17)12-20;3-2(4,5)1(6)7/h3-4,10H,5-9,11-12H2,1-2H3;(H,6,7). The first kappa shape index (κ1) is 26.2. The van der Waals surface area contributed by atoms with Gasteiger partial charge in [0.1, 0.15) is 5.82 Å². The Hall–Kier alpha value is -2.84. The maximum Gasteiger partial charge on any atom is 0.490 e. The van der Waals surface area contributed by atoms with E-state index in [9.17, 15) is 22.8 Å². The molecule has 0 bridgehead atoms. The topological polar surface area (TPSA) is 110 Å². The van der Waals surface area contributed by atoms with Crippen molar-refractivity contribution in [3.8, 4) is 0 Å². The molecular formula is C22H24F3N5O4S2. The monoisotopic (exact) mass is 543 g/mol. The fourth-order valence-electron chi connectivity index (χ4n) is 4.57. The molecule has 2 aliphatic rings. The van der Waals surface area contributed by atoms with E-state index in [2.05, 4.69) is 34.0 Å². The van der Waals surface area contributed by atoms with E-state index in [0.29, 0.717) is 6.54 Å². The minimum atomic E-state index is -5.08. The van der Waals surface area contributed by atoms with Crippen LogP contribution in [-0.2, 0) is 30.8 Å². The van der Waals surface area contributed by atoms with Crippen LogP contribution in [0.15, 0.2) is 27.1 Å². The van der Waals surface area contributed by atoms with Crippen LogP contribution in [0.2, 0.25) is 0 Å². The van der Waals surface area contributed by atoms with Crippen molar-refractivity contribution < 1.29 is 23.1 Å². The van der Waals surface area contributed by atoms with Gasteiger partial charge < -0.3 is 5.11 Å². The van der Waals surface area contributed by atoms with Gasteiger partial charge in [0.2, 0.25) is 0 Å². The molecule has 0 saturated carbocycles. The summed E-state index contributed by atoms with van der Waals surface area (Å²) in [6.07, 6.45) is -3.31. The minimum absolute atomic E-state index is 0.00824. The smallest absolute Gasteiger partial charge is 0.475 e. The second kappa shape index (κ2) is 9.90. The summed E-state index contributed by atoms with van der Waals surface area (Å²) in [5, 5.41) is 14.5. The zero-order valence-corrected chi connectivity index (χ0v) is 21.2. The third-order valence-electron chi connectivity index (χ3n) is 6.15. The van der Waals surface area contributed by atoms with Crippen molar-refractivity contribution in [1.29, 1.82) is 0 Å². The molecule has 1 fully saturated rings. The molecule has 3 aromatic heterocycles. The van der Waals surface area contributed by atoms with Gasteiger partial charge in [0, 0.05) is 46.6 Å². The molecular weight excluding hydrogens is 519 g/mol. The molecule has 2 aliphatic heterocycles. The Bertz CT molecular complexity index is 1390. The fourth-order valence-corrected chi connectivity index (χ4v) is 6.11. The maximum atomic E-state index is 12.8. The zero-order valence-electron chi connectivity index (χ0n) is 19.5. The molecule has 36 heavy (non-hydrogen) atoms. The first-order chi connectivity index (χ1) is 16.8. The van der Waals surface area contributed by atoms with Crippen LogP contribution >= 0.6 is 22.7 Å². The maximum absolute atomic E-state index is 12.8. The number of thiazole rings is 1. The van der Waals surface area contributed by atoms with Crippen molar-refractivity contribution in [2.24, 2.45) is 5.41 Å². The predicted octanol–water partition coefficient (Wildman–Crippen LogP) is 2.67. The van der Waals surface area contributed by atoms with Gasteiger partial charge in [-0.2, -0.15) is 18.3 Å². The minimum Gasteiger partial charge on any atom is -0.475 e. The van der Waals surface area contributed by atoms with Crippen molar-refractivity contribution in [2.75, 3.05) is 13.1 Å². The Labute approximate surface area is 211 Å². The summed E-state index contributed by atoms with van der Waals surface area (Å²) in [4.78, 5) is 43.8. The van der Waals surface area contributed by atoms with Crippen molar-refractivity contribution in [2.45, 2.75) is 52.5 Å². The summed E-state index contributed by atoms with van der Waals surface area (Å²) in [6, 6.07) is 4.37. The number of carboxylic acid groups (broad SMARTS) is 1. The van der Waals surface area contributed by atoms with E-state index in [1.54, 1.807) is 4.57 Å². The van der Waals surface area contributed by atoms with E-state index in [1.165, 1.54) is 25.8 Å². The Morgan fingerprint density at radius 1 is 1.17 bits per heavy atom. The number of carboxylic acids is 1. The van der Waals surface area contributed by atoms with Crippen LogP contribution in [0.1, 0.15) is 32.7 Å². The van der Waals surface area contributed by atoms with E-state index in [-0.39, 0.29) is 12.0 Å². The molecule has 1 unspecified atom stereocenters. The van der Waals surface area contributed by atoms with Gasteiger partial charge in [-0.1, -0.05) is 0 Å². The predicted molar refractivity (Wildman–Crippen MR) is 127 cm³/mol. The lowest BCUT2D eigenvalue weighted by Gasteiger charge is -2.22. The molecule has 194 valence electrons. The highest BCUT2D eigenvalue weighted by Crippen LogP contribution is 2.39. The van der Waals surface area contributed by atoms with E-state index < -0.39 is 23.3 Å². The van der Waals surface area contributed by atoms with Gasteiger partial charge in [-0.15, -0.1) is 22.7 Å². The normalized spacial score (nSPS) is 19.4. The summed E-state index contributed by atoms with van der Waals surface area (Å²) >= 11 is 3.38. The lowest BCUT2D eigenvalue weighted by Crippen LogP contribution is -2.43. The molecule has 1 spiro atoms. The molecule has 0 amide bonds. The van der Waals surface area contributed by atoms with Crippen molar-refractivity contribution in [3.63, 3.8) is 0 Å². The molecule has 1 N–H and O–H groups in total. The number of likely N-dealkylation sites (tertiary alicyclic amines) is 1. The van der Waals surface area contributed by atoms with Crippen LogP contribution in [0.3, 0.4) is 0 Å². The van der Waals surface area contributed by atoms with Crippen molar-refractivity contribution >= 4 is 28.6 Å². The van der Waals surface area contributed by atoms with E-state index in [1.807, 2.05) is 23.6 Å². The third-order valence-corrected chi connectivity index (χ3v) is 7.96. The molecule has 3 aromatic rings. The molecule has 1 atom stereocenters. The quantitative estimate of drug-likeness (QED) is 0.504. The molecule has 5 heterocycles. The van der Waals surface area contributed by atoms with Gasteiger partial charge in [-0.25, -0.2) is 14.5 Å². The zero-order chi connectivity index (χ0) is 26.3. The number of halogens is 3. The van der Waals surface area contributed by atoms with Crippen LogP contribution < -0.4 is 11.1 Å². The van der Waals surface area contributed by atoms with Crippen LogP contribution in [0.5, 0.6) is 0 Å². The number of alkyl halides is 3. The summed E-state index contributed by atoms with van der Waals surface area (Å²) in [7, 11) is 0. The summed E-state index contributed by atoms with van der Waals surface area (Å²) in [5.41, 5.74) is -0.224. The molecule has 0 aromatic carbocycles. The highest BCUT2D eigenvalue weighted by atomic mass is 32.1. The highest BCUT2D eigenvalue weighted by molar-refractivity contribution is 7.11. The molecule has 14 heteroatoms. The number of aromatic nitrogens is 4. The second-order valence-corrected chi connectivity index (χ2v) is 11.5. The van der Waals surface area contributed by atoms with Gasteiger partial charge in [-0.05, 0) is 38.9 Å². The van der Waals surface area contributed by atoms with E-state index >= 15 is 0 Å². The molecule has 5 rings (SSSR count). The Morgan fingerprint density at radius 2 is 1.89 bits per heavy atom.